The summed E-state index contributed by atoms with van der Waals surface area (Å²) >= 11 is 0. The number of esters is 1. The molecule has 1 rings (SSSR count). The largest absolute Gasteiger partial charge is 0.465 e. The standard InChI is InChI=1S/C14H23N3O2/c1-5-7-16(10-14(18)19-6-2)9-13-8-15-11-17(13)12(3)4/h5,8,11-12H,1,6-7,9-10H2,2-4H3. The van der Waals surface area contributed by atoms with Crippen LogP contribution in [0.15, 0.2) is 25.2 Å². The Morgan fingerprint density at radius 2 is 2.37 bits per heavy atom. The van der Waals surface area contributed by atoms with Gasteiger partial charge in [-0.2, -0.15) is 0 Å². The van der Waals surface area contributed by atoms with Crippen molar-refractivity contribution in [3.05, 3.63) is 30.9 Å². The summed E-state index contributed by atoms with van der Waals surface area (Å²) in [6, 6.07) is 0.352. The Labute approximate surface area is 114 Å². The van der Waals surface area contributed by atoms with E-state index >= 15 is 0 Å². The van der Waals surface area contributed by atoms with Gasteiger partial charge in [0.25, 0.3) is 0 Å². The van der Waals surface area contributed by atoms with Crippen molar-refractivity contribution in [2.75, 3.05) is 19.7 Å². The first-order valence-electron chi connectivity index (χ1n) is 6.58. The number of imidazole rings is 1. The fraction of sp³-hybridized carbons (Fsp3) is 0.571. The van der Waals surface area contributed by atoms with Gasteiger partial charge in [0.05, 0.1) is 25.2 Å². The van der Waals surface area contributed by atoms with Crippen molar-refractivity contribution < 1.29 is 9.53 Å². The molecule has 0 N–H and O–H groups in total. The Morgan fingerprint density at radius 1 is 1.63 bits per heavy atom. The van der Waals surface area contributed by atoms with Crippen LogP contribution in [0.3, 0.4) is 0 Å². The van der Waals surface area contributed by atoms with E-state index in [1.807, 2.05) is 24.3 Å². The van der Waals surface area contributed by atoms with Gasteiger partial charge >= 0.3 is 5.97 Å². The average molecular weight is 265 g/mol. The van der Waals surface area contributed by atoms with E-state index in [2.05, 4.69) is 30.0 Å². The van der Waals surface area contributed by atoms with E-state index < -0.39 is 0 Å². The van der Waals surface area contributed by atoms with Crippen LogP contribution in [0.25, 0.3) is 0 Å². The summed E-state index contributed by atoms with van der Waals surface area (Å²) in [5.41, 5.74) is 1.08. The van der Waals surface area contributed by atoms with E-state index in [0.717, 1.165) is 5.69 Å². The second-order valence-electron chi connectivity index (χ2n) is 4.65. The first kappa shape index (κ1) is 15.4. The molecule has 5 nitrogen and oxygen atoms in total. The normalized spacial score (nSPS) is 11.0. The minimum atomic E-state index is -0.208. The molecule has 0 aliphatic heterocycles. The second kappa shape index (κ2) is 7.74. The summed E-state index contributed by atoms with van der Waals surface area (Å²) in [5.74, 6) is -0.208. The van der Waals surface area contributed by atoms with Gasteiger partial charge in [0.15, 0.2) is 0 Å². The summed E-state index contributed by atoms with van der Waals surface area (Å²) in [7, 11) is 0. The first-order chi connectivity index (χ1) is 9.08. The van der Waals surface area contributed by atoms with Gasteiger partial charge in [0.2, 0.25) is 0 Å². The third-order valence-electron chi connectivity index (χ3n) is 2.73. The molecule has 1 aromatic rings. The van der Waals surface area contributed by atoms with Crippen LogP contribution in [0.4, 0.5) is 0 Å². The lowest BCUT2D eigenvalue weighted by molar-refractivity contribution is -0.144. The molecule has 0 aliphatic rings. The van der Waals surface area contributed by atoms with Crippen molar-refractivity contribution >= 4 is 5.97 Å². The third-order valence-corrected chi connectivity index (χ3v) is 2.73. The van der Waals surface area contributed by atoms with Crippen LogP contribution in [0.1, 0.15) is 32.5 Å². The van der Waals surface area contributed by atoms with Gasteiger partial charge in [-0.05, 0) is 20.8 Å². The third kappa shape index (κ3) is 4.87. The molecular weight excluding hydrogens is 242 g/mol. The van der Waals surface area contributed by atoms with Gasteiger partial charge in [-0.3, -0.25) is 9.69 Å². The zero-order chi connectivity index (χ0) is 14.3. The van der Waals surface area contributed by atoms with Crippen LogP contribution < -0.4 is 0 Å². The maximum atomic E-state index is 11.6. The predicted octanol–water partition coefficient (Wildman–Crippen LogP) is 2.02. The summed E-state index contributed by atoms with van der Waals surface area (Å²) in [6.07, 6.45) is 5.44. The Hall–Kier alpha value is -1.62. The van der Waals surface area contributed by atoms with Crippen LogP contribution in [-0.2, 0) is 16.1 Å². The molecule has 0 fully saturated rings. The minimum absolute atomic E-state index is 0.208. The molecule has 5 heteroatoms. The maximum Gasteiger partial charge on any atom is 0.320 e. The number of nitrogens with zero attached hydrogens (tertiary/aromatic N) is 3. The minimum Gasteiger partial charge on any atom is -0.465 e. The zero-order valence-electron chi connectivity index (χ0n) is 12.0. The highest BCUT2D eigenvalue weighted by molar-refractivity contribution is 5.71. The molecule has 1 heterocycles. The van der Waals surface area contributed by atoms with Gasteiger partial charge in [-0.15, -0.1) is 6.58 Å². The molecule has 1 aromatic heterocycles. The molecule has 0 spiro atoms. The predicted molar refractivity (Wildman–Crippen MR) is 74.7 cm³/mol. The summed E-state index contributed by atoms with van der Waals surface area (Å²) < 4.78 is 7.08. The summed E-state index contributed by atoms with van der Waals surface area (Å²) in [6.45, 7) is 11.7. The van der Waals surface area contributed by atoms with Crippen LogP contribution in [0, 0.1) is 0 Å². The molecule has 0 radical (unpaired) electrons. The molecule has 0 saturated heterocycles. The molecule has 0 atom stereocenters. The van der Waals surface area contributed by atoms with Crippen LogP contribution in [-0.4, -0.2) is 40.1 Å². The topological polar surface area (TPSA) is 47.4 Å². The molecule has 106 valence electrons. The Balaban J connectivity index is 2.69. The van der Waals surface area contributed by atoms with Crippen molar-refractivity contribution in [2.45, 2.75) is 33.4 Å². The number of carbonyl (C=O) groups excluding carboxylic acids is 1. The number of rotatable bonds is 8. The highest BCUT2D eigenvalue weighted by atomic mass is 16.5. The number of ether oxygens (including phenoxy) is 1. The summed E-state index contributed by atoms with van der Waals surface area (Å²) in [4.78, 5) is 17.7. The van der Waals surface area contributed by atoms with E-state index in [0.29, 0.717) is 25.7 Å². The smallest absolute Gasteiger partial charge is 0.320 e. The van der Waals surface area contributed by atoms with E-state index in [-0.39, 0.29) is 12.5 Å². The van der Waals surface area contributed by atoms with Crippen molar-refractivity contribution in [2.24, 2.45) is 0 Å². The number of hydrogen-bond donors (Lipinski definition) is 0. The van der Waals surface area contributed by atoms with Crippen molar-refractivity contribution in [1.82, 2.24) is 14.5 Å². The van der Waals surface area contributed by atoms with E-state index in [9.17, 15) is 4.79 Å². The zero-order valence-corrected chi connectivity index (χ0v) is 12.0. The lowest BCUT2D eigenvalue weighted by Crippen LogP contribution is -2.31. The van der Waals surface area contributed by atoms with Crippen molar-refractivity contribution in [1.29, 1.82) is 0 Å². The van der Waals surface area contributed by atoms with Crippen LogP contribution in [0.2, 0.25) is 0 Å². The van der Waals surface area contributed by atoms with Crippen molar-refractivity contribution in [3.63, 3.8) is 0 Å². The quantitative estimate of drug-likeness (QED) is 0.533. The highest BCUT2D eigenvalue weighted by Gasteiger charge is 2.14. The SMILES string of the molecule is C=CCN(CC(=O)OCC)Cc1cncn1C(C)C. The van der Waals surface area contributed by atoms with Gasteiger partial charge in [-0.1, -0.05) is 6.08 Å². The molecule has 0 aromatic carbocycles. The van der Waals surface area contributed by atoms with Gasteiger partial charge in [0.1, 0.15) is 0 Å². The van der Waals surface area contributed by atoms with Crippen LogP contribution >= 0.6 is 0 Å². The van der Waals surface area contributed by atoms with Crippen LogP contribution in [0.5, 0.6) is 0 Å². The Morgan fingerprint density at radius 3 is 2.95 bits per heavy atom. The highest BCUT2D eigenvalue weighted by Crippen LogP contribution is 2.11. The van der Waals surface area contributed by atoms with E-state index in [1.165, 1.54) is 0 Å². The lowest BCUT2D eigenvalue weighted by Gasteiger charge is -2.21. The molecule has 19 heavy (non-hydrogen) atoms. The second-order valence-corrected chi connectivity index (χ2v) is 4.65. The fourth-order valence-electron chi connectivity index (χ4n) is 1.91. The number of aromatic nitrogens is 2. The molecule has 0 unspecified atom stereocenters. The van der Waals surface area contributed by atoms with E-state index in [1.54, 1.807) is 6.08 Å². The lowest BCUT2D eigenvalue weighted by atomic mass is 10.3. The average Bonchev–Trinajstić information content (AvgIpc) is 2.77. The summed E-state index contributed by atoms with van der Waals surface area (Å²) in [5, 5.41) is 0. The number of carbonyl (C=O) groups is 1. The van der Waals surface area contributed by atoms with Gasteiger partial charge in [0, 0.05) is 25.3 Å². The van der Waals surface area contributed by atoms with Gasteiger partial charge in [-0.25, -0.2) is 4.98 Å². The first-order valence-corrected chi connectivity index (χ1v) is 6.58. The van der Waals surface area contributed by atoms with Gasteiger partial charge < -0.3 is 9.30 Å². The Kier molecular flexibility index (Phi) is 6.29. The maximum absolute atomic E-state index is 11.6. The molecular formula is C14H23N3O2. The molecule has 0 saturated carbocycles. The fourth-order valence-corrected chi connectivity index (χ4v) is 1.91. The molecule has 0 amide bonds. The number of hydrogen-bond acceptors (Lipinski definition) is 4. The Bertz CT molecular complexity index is 413. The monoisotopic (exact) mass is 265 g/mol. The molecule has 0 aliphatic carbocycles. The van der Waals surface area contributed by atoms with E-state index in [4.69, 9.17) is 4.74 Å². The molecule has 0 bridgehead atoms. The van der Waals surface area contributed by atoms with Crippen molar-refractivity contribution in [3.8, 4) is 0 Å².